The quantitative estimate of drug-likeness (QED) is 0.417. The Hall–Kier alpha value is -1.12. The maximum absolute atomic E-state index is 5.61. The summed E-state index contributed by atoms with van der Waals surface area (Å²) in [7, 11) is 0. The van der Waals surface area contributed by atoms with Crippen LogP contribution in [0.1, 0.15) is 66.2 Å². The van der Waals surface area contributed by atoms with Gasteiger partial charge < -0.3 is 5.73 Å². The monoisotopic (exact) mass is 358 g/mol. The Bertz CT molecular complexity index is 486. The standard InChI is InChI=1S/C24H42N2/c1-6-8-13-22(5)24(23-16-14-21(4)15-17-23)26(7-2)19-10-12-20(3)11-9-18-25/h6,8,14,16-17,21-22,24H,3,7,9-13,15,18-19,25H2,1-2,4-5H3/b8-6-. The van der Waals surface area contributed by atoms with Crippen molar-refractivity contribution in [1.82, 2.24) is 4.90 Å². The lowest BCUT2D eigenvalue weighted by atomic mass is 9.85. The second kappa shape index (κ2) is 13.1. The summed E-state index contributed by atoms with van der Waals surface area (Å²) in [6.45, 7) is 16.4. The first-order valence-corrected chi connectivity index (χ1v) is 10.6. The molecule has 0 aliphatic heterocycles. The molecule has 0 spiro atoms. The molecule has 0 aromatic carbocycles. The van der Waals surface area contributed by atoms with E-state index in [2.05, 4.69) is 69.6 Å². The van der Waals surface area contributed by atoms with Gasteiger partial charge in [-0.2, -0.15) is 0 Å². The van der Waals surface area contributed by atoms with Crippen LogP contribution in [0.2, 0.25) is 0 Å². The van der Waals surface area contributed by atoms with Gasteiger partial charge in [-0.3, -0.25) is 4.90 Å². The zero-order valence-electron chi connectivity index (χ0n) is 17.7. The molecule has 148 valence electrons. The molecule has 0 saturated carbocycles. The fourth-order valence-electron chi connectivity index (χ4n) is 3.85. The average molecular weight is 359 g/mol. The van der Waals surface area contributed by atoms with Crippen molar-refractivity contribution in [2.45, 2.75) is 72.3 Å². The summed E-state index contributed by atoms with van der Waals surface area (Å²) in [6.07, 6.45) is 18.5. The number of nitrogens with zero attached hydrogens (tertiary/aromatic N) is 1. The van der Waals surface area contributed by atoms with Gasteiger partial charge in [-0.05, 0) is 82.5 Å². The van der Waals surface area contributed by atoms with E-state index in [0.717, 1.165) is 45.3 Å². The largest absolute Gasteiger partial charge is 0.330 e. The molecule has 2 N–H and O–H groups in total. The van der Waals surface area contributed by atoms with Crippen molar-refractivity contribution in [2.24, 2.45) is 17.6 Å². The Labute approximate surface area is 162 Å². The fraction of sp³-hybridized carbons (Fsp3) is 0.667. The van der Waals surface area contributed by atoms with Crippen LogP contribution in [0.25, 0.3) is 0 Å². The van der Waals surface area contributed by atoms with E-state index in [-0.39, 0.29) is 0 Å². The van der Waals surface area contributed by atoms with Crippen LogP contribution in [0.4, 0.5) is 0 Å². The van der Waals surface area contributed by atoms with Crippen LogP contribution in [0.5, 0.6) is 0 Å². The van der Waals surface area contributed by atoms with E-state index in [0.29, 0.717) is 17.9 Å². The van der Waals surface area contributed by atoms with Gasteiger partial charge in [-0.25, -0.2) is 0 Å². The smallest absolute Gasteiger partial charge is 0.0373 e. The molecule has 1 rings (SSSR count). The topological polar surface area (TPSA) is 29.3 Å². The number of hydrogen-bond donors (Lipinski definition) is 1. The van der Waals surface area contributed by atoms with Gasteiger partial charge in [0.1, 0.15) is 0 Å². The summed E-state index contributed by atoms with van der Waals surface area (Å²) in [6, 6.07) is 0.511. The first-order chi connectivity index (χ1) is 12.5. The van der Waals surface area contributed by atoms with Crippen LogP contribution < -0.4 is 5.73 Å². The van der Waals surface area contributed by atoms with Gasteiger partial charge in [-0.1, -0.05) is 63.3 Å². The van der Waals surface area contributed by atoms with E-state index in [9.17, 15) is 0 Å². The summed E-state index contributed by atoms with van der Waals surface area (Å²) in [5, 5.41) is 0. The minimum absolute atomic E-state index is 0.511. The first-order valence-electron chi connectivity index (χ1n) is 10.6. The molecule has 1 aliphatic rings. The SMILES string of the molecule is C=C(CCCN)CCCN(CC)C(C1=CCC(C)C=C1)C(C)C/C=C\C. The molecule has 0 aromatic heterocycles. The summed E-state index contributed by atoms with van der Waals surface area (Å²) in [5.41, 5.74) is 8.49. The fourth-order valence-corrected chi connectivity index (χ4v) is 3.85. The summed E-state index contributed by atoms with van der Waals surface area (Å²) < 4.78 is 0. The van der Waals surface area contributed by atoms with Gasteiger partial charge in [0.15, 0.2) is 0 Å². The Morgan fingerprint density at radius 2 is 2.12 bits per heavy atom. The molecule has 0 fully saturated rings. The van der Waals surface area contributed by atoms with Gasteiger partial charge in [0.2, 0.25) is 0 Å². The third-order valence-electron chi connectivity index (χ3n) is 5.48. The van der Waals surface area contributed by atoms with Crippen molar-refractivity contribution in [2.75, 3.05) is 19.6 Å². The van der Waals surface area contributed by atoms with E-state index in [1.165, 1.54) is 24.0 Å². The number of likely N-dealkylation sites (N-methyl/N-ethyl adjacent to an activating group) is 1. The van der Waals surface area contributed by atoms with Crippen molar-refractivity contribution >= 4 is 0 Å². The van der Waals surface area contributed by atoms with Gasteiger partial charge in [0, 0.05) is 6.04 Å². The normalized spacial score (nSPS) is 19.8. The first kappa shape index (κ1) is 22.9. The molecule has 26 heavy (non-hydrogen) atoms. The van der Waals surface area contributed by atoms with Crippen molar-refractivity contribution in [1.29, 1.82) is 0 Å². The average Bonchev–Trinajstić information content (AvgIpc) is 2.64. The van der Waals surface area contributed by atoms with Gasteiger partial charge >= 0.3 is 0 Å². The van der Waals surface area contributed by atoms with E-state index in [1.54, 1.807) is 0 Å². The summed E-state index contributed by atoms with van der Waals surface area (Å²) in [5.74, 6) is 1.29. The molecule has 0 saturated heterocycles. The van der Waals surface area contributed by atoms with Crippen LogP contribution in [0.15, 0.2) is 48.1 Å². The number of allylic oxidation sites excluding steroid dienone is 5. The van der Waals surface area contributed by atoms with E-state index < -0.39 is 0 Å². The van der Waals surface area contributed by atoms with Crippen molar-refractivity contribution < 1.29 is 0 Å². The van der Waals surface area contributed by atoms with Crippen LogP contribution in [-0.2, 0) is 0 Å². The van der Waals surface area contributed by atoms with E-state index in [4.69, 9.17) is 5.73 Å². The number of rotatable bonds is 13. The third kappa shape index (κ3) is 8.05. The second-order valence-electron chi connectivity index (χ2n) is 7.88. The van der Waals surface area contributed by atoms with Crippen molar-refractivity contribution in [3.05, 3.63) is 48.1 Å². The van der Waals surface area contributed by atoms with Crippen LogP contribution in [0.3, 0.4) is 0 Å². The lowest BCUT2D eigenvalue weighted by Gasteiger charge is -2.37. The lowest BCUT2D eigenvalue weighted by molar-refractivity contribution is 0.182. The van der Waals surface area contributed by atoms with E-state index >= 15 is 0 Å². The Balaban J connectivity index is 2.75. The van der Waals surface area contributed by atoms with Crippen LogP contribution >= 0.6 is 0 Å². The highest BCUT2D eigenvalue weighted by atomic mass is 15.2. The Kier molecular flexibility index (Phi) is 11.6. The highest BCUT2D eigenvalue weighted by molar-refractivity contribution is 5.29. The highest BCUT2D eigenvalue weighted by Gasteiger charge is 2.26. The second-order valence-corrected chi connectivity index (χ2v) is 7.88. The van der Waals surface area contributed by atoms with Crippen LogP contribution in [-0.4, -0.2) is 30.6 Å². The molecule has 0 heterocycles. The summed E-state index contributed by atoms with van der Waals surface area (Å²) >= 11 is 0. The van der Waals surface area contributed by atoms with Gasteiger partial charge in [0.25, 0.3) is 0 Å². The molecule has 0 amide bonds. The molecule has 0 bridgehead atoms. The molecule has 0 aromatic rings. The van der Waals surface area contributed by atoms with Gasteiger partial charge in [-0.15, -0.1) is 0 Å². The summed E-state index contributed by atoms with van der Waals surface area (Å²) in [4.78, 5) is 2.68. The highest BCUT2D eigenvalue weighted by Crippen LogP contribution is 2.28. The molecule has 3 unspecified atom stereocenters. The molecule has 1 aliphatic carbocycles. The molecule has 2 nitrogen and oxygen atoms in total. The predicted octanol–water partition coefficient (Wildman–Crippen LogP) is 5.88. The molecular weight excluding hydrogens is 316 g/mol. The maximum atomic E-state index is 5.61. The molecule has 3 atom stereocenters. The minimum Gasteiger partial charge on any atom is -0.330 e. The minimum atomic E-state index is 0.511. The van der Waals surface area contributed by atoms with E-state index in [1.807, 2.05) is 0 Å². The van der Waals surface area contributed by atoms with Crippen LogP contribution in [0, 0.1) is 11.8 Å². The predicted molar refractivity (Wildman–Crippen MR) is 117 cm³/mol. The molecular formula is C24H42N2. The third-order valence-corrected chi connectivity index (χ3v) is 5.48. The molecule has 0 radical (unpaired) electrons. The number of nitrogens with two attached hydrogens (primary N) is 1. The van der Waals surface area contributed by atoms with Crippen molar-refractivity contribution in [3.8, 4) is 0 Å². The lowest BCUT2D eigenvalue weighted by Crippen LogP contribution is -2.41. The zero-order valence-corrected chi connectivity index (χ0v) is 17.7. The maximum Gasteiger partial charge on any atom is 0.0373 e. The zero-order chi connectivity index (χ0) is 19.4. The van der Waals surface area contributed by atoms with Crippen molar-refractivity contribution in [3.63, 3.8) is 0 Å². The Morgan fingerprint density at radius 3 is 2.69 bits per heavy atom. The molecule has 2 heteroatoms. The number of hydrogen-bond acceptors (Lipinski definition) is 2. The Morgan fingerprint density at radius 1 is 1.38 bits per heavy atom. The van der Waals surface area contributed by atoms with Gasteiger partial charge in [0.05, 0.1) is 0 Å².